The number of ketones is 2. The Morgan fingerprint density at radius 1 is 1.23 bits per heavy atom. The van der Waals surface area contributed by atoms with Gasteiger partial charge in [-0.3, -0.25) is 19.2 Å². The highest BCUT2D eigenvalue weighted by atomic mass is 19.4. The summed E-state index contributed by atoms with van der Waals surface area (Å²) in [5.41, 5.74) is 4.59. The van der Waals surface area contributed by atoms with Gasteiger partial charge in [0, 0.05) is 62.1 Å². The number of rotatable bonds is 9. The summed E-state index contributed by atoms with van der Waals surface area (Å²) in [6.45, 7) is 6.33. The molecule has 0 bridgehead atoms. The fraction of sp³-hybridized carbons (Fsp3) is 0.552. The van der Waals surface area contributed by atoms with Gasteiger partial charge in [-0.15, -0.1) is 0 Å². The molecule has 2 aliphatic rings. The average molecular weight is 547 g/mol. The Balaban J connectivity index is 1.63. The van der Waals surface area contributed by atoms with Crippen LogP contribution in [0, 0.1) is 6.92 Å². The summed E-state index contributed by atoms with van der Waals surface area (Å²) in [5, 5.41) is 5.36. The van der Waals surface area contributed by atoms with E-state index in [4.69, 9.17) is 4.74 Å². The summed E-state index contributed by atoms with van der Waals surface area (Å²) in [7, 11) is 3.35. The van der Waals surface area contributed by atoms with E-state index < -0.39 is 12.7 Å². The van der Waals surface area contributed by atoms with Crippen LogP contribution < -0.4 is 4.90 Å². The number of aromatic nitrogens is 2. The van der Waals surface area contributed by atoms with E-state index in [1.54, 1.807) is 10.9 Å². The normalized spacial score (nSPS) is 17.6. The van der Waals surface area contributed by atoms with Crippen LogP contribution in [0.5, 0.6) is 0 Å². The summed E-state index contributed by atoms with van der Waals surface area (Å²) < 4.78 is 45.9. The number of methoxy groups -OCH3 is 1. The number of nitrogens with zero attached hydrogens (tertiary/aromatic N) is 4. The maximum absolute atomic E-state index is 13.6. The summed E-state index contributed by atoms with van der Waals surface area (Å²) in [4.78, 5) is 30.0. The van der Waals surface area contributed by atoms with Crippen molar-refractivity contribution in [1.82, 2.24) is 14.7 Å². The maximum Gasteiger partial charge on any atom is 0.401 e. The van der Waals surface area contributed by atoms with Crippen LogP contribution in [-0.2, 0) is 16.6 Å². The number of carbonyl (C=O) groups excluding carboxylic acids is 2. The minimum Gasteiger partial charge on any atom is -0.496 e. The third kappa shape index (κ3) is 6.21. The lowest BCUT2D eigenvalue weighted by atomic mass is 9.90. The van der Waals surface area contributed by atoms with Crippen LogP contribution in [0.15, 0.2) is 35.2 Å². The van der Waals surface area contributed by atoms with E-state index in [1.165, 1.54) is 12.0 Å². The second kappa shape index (κ2) is 11.5. The first-order valence-electron chi connectivity index (χ1n) is 13.4. The zero-order valence-electron chi connectivity index (χ0n) is 23.3. The largest absolute Gasteiger partial charge is 0.496 e. The van der Waals surface area contributed by atoms with Crippen LogP contribution in [0.2, 0.25) is 0 Å². The Labute approximate surface area is 227 Å². The number of hydrogen-bond acceptors (Lipinski definition) is 6. The Morgan fingerprint density at radius 2 is 1.92 bits per heavy atom. The molecular weight excluding hydrogens is 509 g/mol. The van der Waals surface area contributed by atoms with Crippen LogP contribution in [0.25, 0.3) is 10.9 Å². The van der Waals surface area contributed by atoms with E-state index in [-0.39, 0.29) is 30.4 Å². The molecule has 39 heavy (non-hydrogen) atoms. The molecule has 1 saturated heterocycles. The van der Waals surface area contributed by atoms with Gasteiger partial charge in [-0.25, -0.2) is 0 Å². The molecule has 0 unspecified atom stereocenters. The number of ether oxygens (including phenoxy) is 1. The molecule has 4 rings (SSSR count). The third-order valence-electron chi connectivity index (χ3n) is 7.88. The van der Waals surface area contributed by atoms with Gasteiger partial charge in [0.05, 0.1) is 31.1 Å². The Kier molecular flexibility index (Phi) is 8.54. The standard InChI is InChI=1S/C29H37F3N4O3/c1-6-36(20-9-11-35(12-10-20)17-29(30,31)32)28-19(3)22(15-24-23(28)16-33-34(24)4)25(37)8-7-21-26(38)13-18(2)14-27(21)39-5/h14-16,20H,6-13,17H2,1-5H3. The highest BCUT2D eigenvalue weighted by Crippen LogP contribution is 2.37. The lowest BCUT2D eigenvalue weighted by Gasteiger charge is -2.40. The number of anilines is 1. The number of carbonyl (C=O) groups is 2. The molecule has 10 heteroatoms. The first-order chi connectivity index (χ1) is 18.4. The van der Waals surface area contributed by atoms with Crippen molar-refractivity contribution in [1.29, 1.82) is 0 Å². The minimum absolute atomic E-state index is 0.0202. The van der Waals surface area contributed by atoms with Crippen molar-refractivity contribution >= 4 is 28.2 Å². The number of likely N-dealkylation sites (tertiary alicyclic amines) is 1. The van der Waals surface area contributed by atoms with Gasteiger partial charge in [0.2, 0.25) is 0 Å². The number of alkyl halides is 3. The van der Waals surface area contributed by atoms with E-state index >= 15 is 0 Å². The van der Waals surface area contributed by atoms with Gasteiger partial charge in [0.25, 0.3) is 0 Å². The van der Waals surface area contributed by atoms with Crippen LogP contribution in [0.4, 0.5) is 18.9 Å². The lowest BCUT2D eigenvalue weighted by Crippen LogP contribution is -2.47. The van der Waals surface area contributed by atoms with Crippen molar-refractivity contribution in [2.45, 2.75) is 65.1 Å². The van der Waals surface area contributed by atoms with E-state index in [2.05, 4.69) is 10.00 Å². The van der Waals surface area contributed by atoms with E-state index in [0.717, 1.165) is 27.7 Å². The fourth-order valence-electron chi connectivity index (χ4n) is 5.95. The van der Waals surface area contributed by atoms with Gasteiger partial charge >= 0.3 is 6.18 Å². The molecule has 1 aliphatic heterocycles. The molecule has 1 aliphatic carbocycles. The minimum atomic E-state index is -4.21. The molecule has 0 N–H and O–H groups in total. The van der Waals surface area contributed by atoms with E-state index in [0.29, 0.717) is 55.8 Å². The van der Waals surface area contributed by atoms with E-state index in [1.807, 2.05) is 40.0 Å². The lowest BCUT2D eigenvalue weighted by molar-refractivity contribution is -0.147. The molecule has 0 atom stereocenters. The molecule has 0 spiro atoms. The van der Waals surface area contributed by atoms with Gasteiger partial charge in [0.15, 0.2) is 11.6 Å². The molecule has 0 saturated carbocycles. The van der Waals surface area contributed by atoms with Gasteiger partial charge in [0.1, 0.15) is 5.76 Å². The Morgan fingerprint density at radius 3 is 2.54 bits per heavy atom. The van der Waals surface area contributed by atoms with Crippen molar-refractivity contribution in [2.75, 3.05) is 38.2 Å². The molecular formula is C29H37F3N4O3. The van der Waals surface area contributed by atoms with Crippen LogP contribution in [0.3, 0.4) is 0 Å². The predicted molar refractivity (Wildman–Crippen MR) is 145 cm³/mol. The van der Waals surface area contributed by atoms with Crippen molar-refractivity contribution in [3.8, 4) is 0 Å². The van der Waals surface area contributed by atoms with Crippen molar-refractivity contribution in [2.24, 2.45) is 7.05 Å². The smallest absolute Gasteiger partial charge is 0.401 e. The topological polar surface area (TPSA) is 67.7 Å². The van der Waals surface area contributed by atoms with Crippen molar-refractivity contribution in [3.63, 3.8) is 0 Å². The van der Waals surface area contributed by atoms with Gasteiger partial charge in [-0.2, -0.15) is 18.3 Å². The van der Waals surface area contributed by atoms with Gasteiger partial charge in [-0.05, 0) is 57.7 Å². The summed E-state index contributed by atoms with van der Waals surface area (Å²) >= 11 is 0. The number of allylic oxidation sites excluding steroid dienone is 3. The molecule has 7 nitrogen and oxygen atoms in total. The number of hydrogen-bond donors (Lipinski definition) is 0. The number of piperidine rings is 1. The number of Topliss-reactive ketones (excluding diaryl/α,β-unsaturated/α-hetero) is 2. The van der Waals surface area contributed by atoms with E-state index in [9.17, 15) is 22.8 Å². The second-order valence-electron chi connectivity index (χ2n) is 10.6. The van der Waals surface area contributed by atoms with Crippen LogP contribution in [-0.4, -0.2) is 71.8 Å². The monoisotopic (exact) mass is 546 g/mol. The zero-order chi connectivity index (χ0) is 28.5. The maximum atomic E-state index is 13.6. The van der Waals surface area contributed by atoms with Crippen LogP contribution in [0.1, 0.15) is 61.9 Å². The average Bonchev–Trinajstić information content (AvgIpc) is 3.24. The summed E-state index contributed by atoms with van der Waals surface area (Å²) in [6.07, 6.45) is 1.42. The molecule has 0 radical (unpaired) electrons. The second-order valence-corrected chi connectivity index (χ2v) is 10.6. The molecule has 2 aromatic rings. The molecule has 2 heterocycles. The van der Waals surface area contributed by atoms with Crippen molar-refractivity contribution < 1.29 is 27.5 Å². The highest BCUT2D eigenvalue weighted by molar-refractivity contribution is 6.07. The molecule has 1 aromatic heterocycles. The predicted octanol–water partition coefficient (Wildman–Crippen LogP) is 5.52. The molecule has 1 fully saturated rings. The third-order valence-corrected chi connectivity index (χ3v) is 7.88. The fourth-order valence-corrected chi connectivity index (χ4v) is 5.95. The molecule has 1 aromatic carbocycles. The molecule has 0 amide bonds. The summed E-state index contributed by atoms with van der Waals surface area (Å²) in [5.74, 6) is 0.424. The SMILES string of the molecule is CCN(c1c(C)c(C(=O)CCC2=C(OC)C=C(C)CC2=O)cc2c1cnn2C)C1CCN(CC(F)(F)F)CC1. The quantitative estimate of drug-likeness (QED) is 0.386. The number of aryl methyl sites for hydroxylation is 1. The van der Waals surface area contributed by atoms with Crippen molar-refractivity contribution in [3.05, 3.63) is 46.4 Å². The number of halogens is 3. The number of fused-ring (bicyclic) bond motifs is 1. The van der Waals surface area contributed by atoms with Gasteiger partial charge in [-0.1, -0.05) is 5.57 Å². The number of benzene rings is 1. The molecule has 212 valence electrons. The zero-order valence-corrected chi connectivity index (χ0v) is 23.3. The first kappa shape index (κ1) is 28.9. The summed E-state index contributed by atoms with van der Waals surface area (Å²) in [6, 6.07) is 1.91. The Bertz CT molecular complexity index is 1320. The Hall–Kier alpha value is -3.14. The first-order valence-corrected chi connectivity index (χ1v) is 13.4. The van der Waals surface area contributed by atoms with Gasteiger partial charge < -0.3 is 9.64 Å². The highest BCUT2D eigenvalue weighted by Gasteiger charge is 2.34. The van der Waals surface area contributed by atoms with Crippen LogP contribution >= 0.6 is 0 Å².